The van der Waals surface area contributed by atoms with Gasteiger partial charge in [-0.1, -0.05) is 75.8 Å². The maximum atomic E-state index is 12.1. The summed E-state index contributed by atoms with van der Waals surface area (Å²) in [6.45, 7) is 2.60. The summed E-state index contributed by atoms with van der Waals surface area (Å²) in [5, 5.41) is 0. The van der Waals surface area contributed by atoms with Crippen LogP contribution >= 0.6 is 0 Å². The van der Waals surface area contributed by atoms with Gasteiger partial charge < -0.3 is 0 Å². The van der Waals surface area contributed by atoms with E-state index in [-0.39, 0.29) is 5.75 Å². The van der Waals surface area contributed by atoms with Crippen LogP contribution in [0.1, 0.15) is 63.9 Å². The molecule has 0 atom stereocenters. The highest BCUT2D eigenvalue weighted by molar-refractivity contribution is 7.85. The SMILES string of the molecule is CCCCCC1CCC(COS(=O)(=O)Cc2ccccc2)CC1. The van der Waals surface area contributed by atoms with Gasteiger partial charge in [-0.3, -0.25) is 4.18 Å². The lowest BCUT2D eigenvalue weighted by molar-refractivity contribution is 0.181. The summed E-state index contributed by atoms with van der Waals surface area (Å²) in [5.74, 6) is 1.22. The minimum absolute atomic E-state index is 0.0276. The molecule has 0 spiro atoms. The summed E-state index contributed by atoms with van der Waals surface area (Å²) in [4.78, 5) is 0. The van der Waals surface area contributed by atoms with Gasteiger partial charge in [0.25, 0.3) is 10.1 Å². The summed E-state index contributed by atoms with van der Waals surface area (Å²) in [6.07, 6.45) is 9.98. The van der Waals surface area contributed by atoms with Gasteiger partial charge in [0.15, 0.2) is 0 Å². The average Bonchev–Trinajstić information content (AvgIpc) is 2.55. The van der Waals surface area contributed by atoms with Gasteiger partial charge in [-0.2, -0.15) is 8.42 Å². The van der Waals surface area contributed by atoms with Gasteiger partial charge in [0.1, 0.15) is 5.75 Å². The molecule has 0 bridgehead atoms. The monoisotopic (exact) mass is 338 g/mol. The van der Waals surface area contributed by atoms with E-state index in [0.717, 1.165) is 24.3 Å². The molecule has 23 heavy (non-hydrogen) atoms. The Kier molecular flexibility index (Phi) is 7.57. The van der Waals surface area contributed by atoms with Gasteiger partial charge in [0, 0.05) is 0 Å². The molecular formula is C19H30O3S. The zero-order valence-corrected chi connectivity index (χ0v) is 15.1. The number of hydrogen-bond acceptors (Lipinski definition) is 3. The molecular weight excluding hydrogens is 308 g/mol. The second kappa shape index (κ2) is 9.43. The van der Waals surface area contributed by atoms with Crippen molar-refractivity contribution in [2.45, 2.75) is 64.0 Å². The number of benzene rings is 1. The molecule has 2 rings (SSSR count). The normalized spacial score (nSPS) is 22.1. The summed E-state index contributed by atoms with van der Waals surface area (Å²) < 4.78 is 29.4. The van der Waals surface area contributed by atoms with Gasteiger partial charge in [-0.15, -0.1) is 0 Å². The molecule has 1 aliphatic carbocycles. The summed E-state index contributed by atoms with van der Waals surface area (Å²) in [7, 11) is -3.47. The van der Waals surface area contributed by atoms with E-state index in [2.05, 4.69) is 6.92 Å². The minimum atomic E-state index is -3.47. The highest BCUT2D eigenvalue weighted by atomic mass is 32.2. The molecule has 1 aromatic rings. The number of rotatable bonds is 9. The van der Waals surface area contributed by atoms with Crippen molar-refractivity contribution in [3.63, 3.8) is 0 Å². The molecule has 0 saturated heterocycles. The predicted molar refractivity (Wildman–Crippen MR) is 94.6 cm³/mol. The first-order chi connectivity index (χ1) is 11.1. The Labute approximate surface area is 141 Å². The molecule has 1 fully saturated rings. The van der Waals surface area contributed by atoms with Crippen molar-refractivity contribution in [2.75, 3.05) is 6.61 Å². The second-order valence-electron chi connectivity index (χ2n) is 6.85. The predicted octanol–water partition coefficient (Wildman–Crippen LogP) is 4.92. The molecule has 130 valence electrons. The van der Waals surface area contributed by atoms with Crippen LogP contribution in [-0.4, -0.2) is 15.0 Å². The standard InChI is InChI=1S/C19H30O3S/c1-2-3-5-8-17-11-13-18(14-12-17)15-22-23(20,21)16-19-9-6-4-7-10-19/h4,6-7,9-10,17-18H,2-3,5,8,11-16H2,1H3. The van der Waals surface area contributed by atoms with E-state index in [0.29, 0.717) is 12.5 Å². The smallest absolute Gasteiger partial charge is 0.270 e. The van der Waals surface area contributed by atoms with Crippen LogP contribution in [0.3, 0.4) is 0 Å². The van der Waals surface area contributed by atoms with E-state index < -0.39 is 10.1 Å². The zero-order chi connectivity index (χ0) is 16.5. The molecule has 0 aromatic heterocycles. The van der Waals surface area contributed by atoms with Gasteiger partial charge in [0.2, 0.25) is 0 Å². The van der Waals surface area contributed by atoms with Crippen molar-refractivity contribution in [3.8, 4) is 0 Å². The first-order valence-corrected chi connectivity index (χ1v) is 10.6. The van der Waals surface area contributed by atoms with Crippen LogP contribution in [0, 0.1) is 11.8 Å². The Bertz CT molecular complexity index is 531. The van der Waals surface area contributed by atoms with E-state index >= 15 is 0 Å². The first kappa shape index (κ1) is 18.5. The van der Waals surface area contributed by atoms with Crippen LogP contribution in [0.15, 0.2) is 30.3 Å². The number of hydrogen-bond donors (Lipinski definition) is 0. The van der Waals surface area contributed by atoms with Crippen LogP contribution in [0.4, 0.5) is 0 Å². The van der Waals surface area contributed by atoms with Crippen LogP contribution in [-0.2, 0) is 20.1 Å². The van der Waals surface area contributed by atoms with Crippen LogP contribution in [0.5, 0.6) is 0 Å². The first-order valence-electron chi connectivity index (χ1n) is 9.00. The fourth-order valence-electron chi connectivity index (χ4n) is 3.39. The van der Waals surface area contributed by atoms with E-state index in [9.17, 15) is 8.42 Å². The van der Waals surface area contributed by atoms with Crippen LogP contribution in [0.25, 0.3) is 0 Å². The second-order valence-corrected chi connectivity index (χ2v) is 8.49. The Morgan fingerprint density at radius 2 is 1.65 bits per heavy atom. The Hall–Kier alpha value is -0.870. The van der Waals surface area contributed by atoms with Crippen molar-refractivity contribution in [3.05, 3.63) is 35.9 Å². The molecule has 0 radical (unpaired) electrons. The molecule has 0 unspecified atom stereocenters. The van der Waals surface area contributed by atoms with Crippen molar-refractivity contribution in [1.29, 1.82) is 0 Å². The topological polar surface area (TPSA) is 43.4 Å². The average molecular weight is 339 g/mol. The maximum Gasteiger partial charge on any atom is 0.271 e. The number of unbranched alkanes of at least 4 members (excludes halogenated alkanes) is 2. The lowest BCUT2D eigenvalue weighted by Gasteiger charge is -2.28. The molecule has 1 saturated carbocycles. The van der Waals surface area contributed by atoms with E-state index in [1.54, 1.807) is 0 Å². The maximum absolute atomic E-state index is 12.1. The van der Waals surface area contributed by atoms with E-state index in [1.165, 1.54) is 38.5 Å². The van der Waals surface area contributed by atoms with Crippen LogP contribution in [0.2, 0.25) is 0 Å². The lowest BCUT2D eigenvalue weighted by Crippen LogP contribution is -2.21. The van der Waals surface area contributed by atoms with Crippen molar-refractivity contribution < 1.29 is 12.6 Å². The Morgan fingerprint density at radius 1 is 1.00 bits per heavy atom. The largest absolute Gasteiger partial charge is 0.271 e. The highest BCUT2D eigenvalue weighted by Gasteiger charge is 2.23. The fourth-order valence-corrected chi connectivity index (χ4v) is 4.47. The van der Waals surface area contributed by atoms with Crippen molar-refractivity contribution >= 4 is 10.1 Å². The molecule has 0 amide bonds. The van der Waals surface area contributed by atoms with Gasteiger partial charge in [0.05, 0.1) is 6.61 Å². The third-order valence-corrected chi connectivity index (χ3v) is 6.03. The third kappa shape index (κ3) is 7.05. The highest BCUT2D eigenvalue weighted by Crippen LogP contribution is 2.32. The minimum Gasteiger partial charge on any atom is -0.270 e. The molecule has 1 aromatic carbocycles. The molecule has 0 aliphatic heterocycles. The summed E-state index contributed by atoms with van der Waals surface area (Å²) in [6, 6.07) is 9.23. The molecule has 1 aliphatic rings. The van der Waals surface area contributed by atoms with Crippen molar-refractivity contribution in [2.24, 2.45) is 11.8 Å². The van der Waals surface area contributed by atoms with Crippen LogP contribution < -0.4 is 0 Å². The third-order valence-electron chi connectivity index (χ3n) is 4.85. The zero-order valence-electron chi connectivity index (χ0n) is 14.2. The fraction of sp³-hybridized carbons (Fsp3) is 0.684. The molecule has 4 heteroatoms. The summed E-state index contributed by atoms with van der Waals surface area (Å²) >= 11 is 0. The molecule has 0 heterocycles. The lowest BCUT2D eigenvalue weighted by atomic mass is 9.80. The van der Waals surface area contributed by atoms with E-state index in [1.807, 2.05) is 30.3 Å². The van der Waals surface area contributed by atoms with Gasteiger partial charge in [-0.05, 0) is 30.2 Å². The van der Waals surface area contributed by atoms with E-state index in [4.69, 9.17) is 4.18 Å². The van der Waals surface area contributed by atoms with Crippen molar-refractivity contribution in [1.82, 2.24) is 0 Å². The summed E-state index contributed by atoms with van der Waals surface area (Å²) in [5.41, 5.74) is 0.784. The molecule has 3 nitrogen and oxygen atoms in total. The Morgan fingerprint density at radius 3 is 2.30 bits per heavy atom. The Balaban J connectivity index is 1.68. The quantitative estimate of drug-likeness (QED) is 0.474. The van der Waals surface area contributed by atoms with Gasteiger partial charge >= 0.3 is 0 Å². The molecule has 0 N–H and O–H groups in total. The van der Waals surface area contributed by atoms with Gasteiger partial charge in [-0.25, -0.2) is 0 Å².